The Labute approximate surface area is 142 Å². The smallest absolute Gasteiger partial charge is 0.359 e. The van der Waals surface area contributed by atoms with E-state index in [2.05, 4.69) is 15.5 Å². The molecule has 0 fully saturated rings. The van der Waals surface area contributed by atoms with Gasteiger partial charge in [0.2, 0.25) is 0 Å². The number of para-hydroxylation sites is 1. The van der Waals surface area contributed by atoms with Crippen LogP contribution in [0.3, 0.4) is 0 Å². The van der Waals surface area contributed by atoms with Crippen molar-refractivity contribution in [3.05, 3.63) is 58.7 Å². The van der Waals surface area contributed by atoms with Gasteiger partial charge >= 0.3 is 5.97 Å². The summed E-state index contributed by atoms with van der Waals surface area (Å²) in [6, 6.07) is 12.4. The first-order chi connectivity index (χ1) is 11.6. The van der Waals surface area contributed by atoms with E-state index < -0.39 is 18.5 Å². The predicted octanol–water partition coefficient (Wildman–Crippen LogP) is 3.32. The number of aromatic nitrogens is 2. The third-order valence-electron chi connectivity index (χ3n) is 3.54. The van der Waals surface area contributed by atoms with Gasteiger partial charge in [0, 0.05) is 16.1 Å². The molecular formula is C17H14ClN3O3. The molecule has 0 radical (unpaired) electrons. The number of H-pyrrole nitrogens is 1. The fourth-order valence-electron chi connectivity index (χ4n) is 2.25. The number of benzene rings is 2. The number of ether oxygens (including phenoxy) is 1. The Kier molecular flexibility index (Phi) is 4.48. The first-order valence-corrected chi connectivity index (χ1v) is 7.59. The molecular weight excluding hydrogens is 330 g/mol. The van der Waals surface area contributed by atoms with E-state index in [1.54, 1.807) is 43.3 Å². The highest BCUT2D eigenvalue weighted by atomic mass is 35.5. The quantitative estimate of drug-likeness (QED) is 0.712. The van der Waals surface area contributed by atoms with Gasteiger partial charge in [-0.05, 0) is 30.7 Å². The highest BCUT2D eigenvalue weighted by molar-refractivity contribution is 6.31. The fraction of sp³-hybridized carbons (Fsp3) is 0.118. The number of hydrogen-bond donors (Lipinski definition) is 2. The zero-order chi connectivity index (χ0) is 17.1. The number of carbonyl (C=O) groups excluding carboxylic acids is 2. The summed E-state index contributed by atoms with van der Waals surface area (Å²) in [5, 5.41) is 10.5. The molecule has 1 aromatic heterocycles. The second-order valence-corrected chi connectivity index (χ2v) is 5.56. The summed E-state index contributed by atoms with van der Waals surface area (Å²) in [5.74, 6) is -1.11. The van der Waals surface area contributed by atoms with Crippen molar-refractivity contribution in [2.75, 3.05) is 11.9 Å². The molecule has 7 heteroatoms. The lowest BCUT2D eigenvalue weighted by Crippen LogP contribution is -2.21. The van der Waals surface area contributed by atoms with E-state index in [9.17, 15) is 9.59 Å². The Bertz CT molecular complexity index is 920. The predicted molar refractivity (Wildman–Crippen MR) is 91.2 cm³/mol. The Morgan fingerprint density at radius 2 is 2.00 bits per heavy atom. The maximum atomic E-state index is 12.1. The summed E-state index contributed by atoms with van der Waals surface area (Å²) < 4.78 is 5.03. The van der Waals surface area contributed by atoms with Gasteiger partial charge in [-0.1, -0.05) is 35.9 Å². The molecule has 122 valence electrons. The molecule has 0 aliphatic rings. The van der Waals surface area contributed by atoms with E-state index in [1.807, 2.05) is 6.07 Å². The molecule has 0 spiro atoms. The zero-order valence-electron chi connectivity index (χ0n) is 12.8. The van der Waals surface area contributed by atoms with Crippen molar-refractivity contribution in [2.45, 2.75) is 6.92 Å². The minimum absolute atomic E-state index is 0.150. The average Bonchev–Trinajstić information content (AvgIpc) is 3.01. The van der Waals surface area contributed by atoms with E-state index in [4.69, 9.17) is 16.3 Å². The largest absolute Gasteiger partial charge is 0.451 e. The number of anilines is 1. The lowest BCUT2D eigenvalue weighted by atomic mass is 10.2. The van der Waals surface area contributed by atoms with Crippen molar-refractivity contribution in [2.24, 2.45) is 0 Å². The summed E-state index contributed by atoms with van der Waals surface area (Å²) in [7, 11) is 0. The molecule has 0 bridgehead atoms. The van der Waals surface area contributed by atoms with Crippen molar-refractivity contribution in [1.29, 1.82) is 0 Å². The van der Waals surface area contributed by atoms with E-state index in [0.29, 0.717) is 16.1 Å². The van der Waals surface area contributed by atoms with Crippen molar-refractivity contribution < 1.29 is 14.3 Å². The third-order valence-corrected chi connectivity index (χ3v) is 3.95. The number of fused-ring (bicyclic) bond motifs is 1. The van der Waals surface area contributed by atoms with Crippen LogP contribution in [0.1, 0.15) is 16.1 Å². The van der Waals surface area contributed by atoms with Crippen LogP contribution in [0.25, 0.3) is 10.9 Å². The SMILES string of the molecule is Cc1c(Cl)cccc1NC(=O)COC(=O)c1n[nH]c2ccccc12. The highest BCUT2D eigenvalue weighted by Crippen LogP contribution is 2.22. The molecule has 1 amide bonds. The molecule has 2 aromatic carbocycles. The maximum absolute atomic E-state index is 12.1. The van der Waals surface area contributed by atoms with Crippen molar-refractivity contribution in [3.63, 3.8) is 0 Å². The number of nitrogens with zero attached hydrogens (tertiary/aromatic N) is 1. The molecule has 24 heavy (non-hydrogen) atoms. The van der Waals surface area contributed by atoms with Gasteiger partial charge in [0.15, 0.2) is 12.3 Å². The number of nitrogens with one attached hydrogen (secondary N) is 2. The Hall–Kier alpha value is -2.86. The number of carbonyl (C=O) groups is 2. The average molecular weight is 344 g/mol. The summed E-state index contributed by atoms with van der Waals surface area (Å²) in [6.07, 6.45) is 0. The minimum Gasteiger partial charge on any atom is -0.451 e. The minimum atomic E-state index is -0.662. The van der Waals surface area contributed by atoms with Crippen LogP contribution in [0.15, 0.2) is 42.5 Å². The number of amides is 1. The van der Waals surface area contributed by atoms with Crippen LogP contribution in [0.2, 0.25) is 5.02 Å². The number of halogens is 1. The van der Waals surface area contributed by atoms with E-state index in [0.717, 1.165) is 11.1 Å². The van der Waals surface area contributed by atoms with E-state index in [-0.39, 0.29) is 5.69 Å². The van der Waals surface area contributed by atoms with Crippen LogP contribution in [-0.4, -0.2) is 28.7 Å². The van der Waals surface area contributed by atoms with Crippen LogP contribution in [-0.2, 0) is 9.53 Å². The standard InChI is InChI=1S/C17H14ClN3O3/c1-10-12(18)6-4-8-13(10)19-15(22)9-24-17(23)16-11-5-2-3-7-14(11)20-21-16/h2-8H,9H2,1H3,(H,19,22)(H,20,21). The van der Waals surface area contributed by atoms with Gasteiger partial charge in [-0.3, -0.25) is 9.89 Å². The van der Waals surface area contributed by atoms with E-state index in [1.165, 1.54) is 0 Å². The first-order valence-electron chi connectivity index (χ1n) is 7.21. The number of hydrogen-bond acceptors (Lipinski definition) is 4. The van der Waals surface area contributed by atoms with Gasteiger partial charge in [-0.2, -0.15) is 5.10 Å². The summed E-state index contributed by atoms with van der Waals surface area (Å²) >= 11 is 6.00. The lowest BCUT2D eigenvalue weighted by molar-refractivity contribution is -0.119. The molecule has 0 aliphatic heterocycles. The summed E-state index contributed by atoms with van der Waals surface area (Å²) in [5.41, 5.74) is 2.20. The maximum Gasteiger partial charge on any atom is 0.359 e. The molecule has 3 rings (SSSR count). The number of esters is 1. The van der Waals surface area contributed by atoms with Crippen molar-refractivity contribution in [1.82, 2.24) is 10.2 Å². The molecule has 0 unspecified atom stereocenters. The van der Waals surface area contributed by atoms with Crippen LogP contribution in [0.4, 0.5) is 5.69 Å². The zero-order valence-corrected chi connectivity index (χ0v) is 13.6. The highest BCUT2D eigenvalue weighted by Gasteiger charge is 2.17. The summed E-state index contributed by atoms with van der Waals surface area (Å²) in [4.78, 5) is 24.0. The number of aromatic amines is 1. The number of rotatable bonds is 4. The Morgan fingerprint density at radius 1 is 1.21 bits per heavy atom. The van der Waals surface area contributed by atoms with Gasteiger partial charge in [-0.25, -0.2) is 4.79 Å². The van der Waals surface area contributed by atoms with Crippen LogP contribution in [0.5, 0.6) is 0 Å². The van der Waals surface area contributed by atoms with Gasteiger partial charge in [0.25, 0.3) is 5.91 Å². The van der Waals surface area contributed by atoms with Crippen LogP contribution >= 0.6 is 11.6 Å². The monoisotopic (exact) mass is 343 g/mol. The second-order valence-electron chi connectivity index (χ2n) is 5.15. The molecule has 0 aliphatic carbocycles. The van der Waals surface area contributed by atoms with Gasteiger partial charge in [0.05, 0.1) is 5.52 Å². The van der Waals surface area contributed by atoms with Gasteiger partial charge in [-0.15, -0.1) is 0 Å². The Morgan fingerprint density at radius 3 is 2.83 bits per heavy atom. The third kappa shape index (κ3) is 3.23. The lowest BCUT2D eigenvalue weighted by Gasteiger charge is -2.09. The molecule has 0 saturated carbocycles. The van der Waals surface area contributed by atoms with Crippen LogP contribution < -0.4 is 5.32 Å². The first kappa shape index (κ1) is 16.0. The Balaban J connectivity index is 1.64. The van der Waals surface area contributed by atoms with Crippen molar-refractivity contribution in [3.8, 4) is 0 Å². The van der Waals surface area contributed by atoms with Gasteiger partial charge in [0.1, 0.15) is 0 Å². The molecule has 0 atom stereocenters. The second kappa shape index (κ2) is 6.72. The topological polar surface area (TPSA) is 84.1 Å². The molecule has 3 aromatic rings. The molecule has 2 N–H and O–H groups in total. The molecule has 6 nitrogen and oxygen atoms in total. The van der Waals surface area contributed by atoms with Crippen molar-refractivity contribution >= 4 is 40.1 Å². The van der Waals surface area contributed by atoms with E-state index >= 15 is 0 Å². The normalized spacial score (nSPS) is 10.6. The molecule has 0 saturated heterocycles. The molecule has 1 heterocycles. The summed E-state index contributed by atoms with van der Waals surface area (Å²) in [6.45, 7) is 1.38. The van der Waals surface area contributed by atoms with Crippen LogP contribution in [0, 0.1) is 6.92 Å². The van der Waals surface area contributed by atoms with Gasteiger partial charge < -0.3 is 10.1 Å². The fourth-order valence-corrected chi connectivity index (χ4v) is 2.42.